The molecular weight excluding hydrogens is 320 g/mol. The molecule has 26 heavy (non-hydrogen) atoms. The number of rotatable bonds is 6. The van der Waals surface area contributed by atoms with Crippen molar-refractivity contribution in [3.63, 3.8) is 0 Å². The largest absolute Gasteiger partial charge is 0.355 e. The van der Waals surface area contributed by atoms with Gasteiger partial charge in [-0.25, -0.2) is 0 Å². The Bertz CT molecular complexity index is 682. The number of carbonyl (C=O) groups excluding carboxylic acids is 1. The summed E-state index contributed by atoms with van der Waals surface area (Å²) in [6, 6.07) is 17.3. The van der Waals surface area contributed by atoms with Crippen LogP contribution in [0, 0.1) is 19.8 Å². The number of hydrogen-bond acceptors (Lipinski definition) is 2. The molecule has 3 atom stereocenters. The highest BCUT2D eigenvalue weighted by molar-refractivity contribution is 5.82. The first-order chi connectivity index (χ1) is 12.5. The van der Waals surface area contributed by atoms with Gasteiger partial charge in [-0.05, 0) is 57.3 Å². The maximum absolute atomic E-state index is 13.0. The first-order valence-corrected chi connectivity index (χ1v) is 9.51. The van der Waals surface area contributed by atoms with Crippen LogP contribution in [0.2, 0.25) is 0 Å². The number of nitrogens with one attached hydrogen (secondary N) is 1. The van der Waals surface area contributed by atoms with Crippen LogP contribution in [0.3, 0.4) is 0 Å². The van der Waals surface area contributed by atoms with Gasteiger partial charge in [0.1, 0.15) is 0 Å². The molecule has 0 spiro atoms. The van der Waals surface area contributed by atoms with Gasteiger partial charge in [0, 0.05) is 13.1 Å². The molecule has 3 heteroatoms. The molecule has 0 aromatic heterocycles. The molecule has 3 rings (SSSR count). The quantitative estimate of drug-likeness (QED) is 0.858. The standard InChI is InChI=1S/C23H30N2O/c1-16-5-9-18(10-6-16)20-15-21(19-11-7-17(2)8-12-19)22(20)23(26)24-13-14-25(3)4/h5-12,20-22H,13-15H2,1-4H3,(H,24,26)/t20-,21+,22?. The lowest BCUT2D eigenvalue weighted by Crippen LogP contribution is -2.46. The Morgan fingerprint density at radius 1 is 0.923 bits per heavy atom. The Kier molecular flexibility index (Phi) is 5.77. The van der Waals surface area contributed by atoms with Gasteiger partial charge >= 0.3 is 0 Å². The smallest absolute Gasteiger partial charge is 0.224 e. The van der Waals surface area contributed by atoms with E-state index in [1.165, 1.54) is 22.3 Å². The molecule has 0 saturated heterocycles. The van der Waals surface area contributed by atoms with Crippen molar-refractivity contribution < 1.29 is 4.79 Å². The van der Waals surface area contributed by atoms with E-state index >= 15 is 0 Å². The summed E-state index contributed by atoms with van der Waals surface area (Å²) in [6.07, 6.45) is 1.04. The summed E-state index contributed by atoms with van der Waals surface area (Å²) in [5.41, 5.74) is 5.09. The van der Waals surface area contributed by atoms with E-state index in [4.69, 9.17) is 0 Å². The first kappa shape index (κ1) is 18.7. The summed E-state index contributed by atoms with van der Waals surface area (Å²) >= 11 is 0. The zero-order valence-corrected chi connectivity index (χ0v) is 16.3. The van der Waals surface area contributed by atoms with Crippen molar-refractivity contribution in [2.24, 2.45) is 5.92 Å². The molecule has 2 aromatic carbocycles. The lowest BCUT2D eigenvalue weighted by molar-refractivity contribution is -0.129. The van der Waals surface area contributed by atoms with E-state index in [0.29, 0.717) is 18.4 Å². The fourth-order valence-electron chi connectivity index (χ4n) is 3.85. The predicted octanol–water partition coefficient (Wildman–Crippen LogP) is 3.87. The molecule has 2 aromatic rings. The van der Waals surface area contributed by atoms with Crippen LogP contribution in [0.15, 0.2) is 48.5 Å². The normalized spacial score (nSPS) is 22.1. The van der Waals surface area contributed by atoms with Crippen molar-refractivity contribution >= 4 is 5.91 Å². The van der Waals surface area contributed by atoms with Gasteiger partial charge in [0.05, 0.1) is 5.92 Å². The maximum Gasteiger partial charge on any atom is 0.224 e. The lowest BCUT2D eigenvalue weighted by atomic mass is 9.59. The van der Waals surface area contributed by atoms with E-state index in [9.17, 15) is 4.79 Å². The Hall–Kier alpha value is -2.13. The second-order valence-corrected chi connectivity index (χ2v) is 7.89. The highest BCUT2D eigenvalue weighted by Crippen LogP contribution is 2.52. The van der Waals surface area contributed by atoms with Crippen LogP contribution in [0.1, 0.15) is 40.5 Å². The summed E-state index contributed by atoms with van der Waals surface area (Å²) in [5, 5.41) is 3.16. The summed E-state index contributed by atoms with van der Waals surface area (Å²) in [5.74, 6) is 0.819. The van der Waals surface area contributed by atoms with Gasteiger partial charge in [-0.3, -0.25) is 4.79 Å². The Labute approximate surface area is 157 Å². The second-order valence-electron chi connectivity index (χ2n) is 7.89. The van der Waals surface area contributed by atoms with Crippen LogP contribution in [0.5, 0.6) is 0 Å². The molecule has 3 nitrogen and oxygen atoms in total. The van der Waals surface area contributed by atoms with Gasteiger partial charge in [-0.15, -0.1) is 0 Å². The maximum atomic E-state index is 13.0. The van der Waals surface area contributed by atoms with Crippen molar-refractivity contribution in [2.75, 3.05) is 27.2 Å². The Balaban J connectivity index is 1.78. The van der Waals surface area contributed by atoms with E-state index in [2.05, 4.69) is 72.6 Å². The van der Waals surface area contributed by atoms with Gasteiger partial charge in [0.15, 0.2) is 0 Å². The topological polar surface area (TPSA) is 32.3 Å². The highest BCUT2D eigenvalue weighted by Gasteiger charge is 2.46. The molecule has 0 radical (unpaired) electrons. The molecule has 0 bridgehead atoms. The van der Waals surface area contributed by atoms with Crippen LogP contribution < -0.4 is 5.32 Å². The van der Waals surface area contributed by atoms with Gasteiger partial charge in [0.25, 0.3) is 0 Å². The number of nitrogens with zero attached hydrogens (tertiary/aromatic N) is 1. The average molecular weight is 351 g/mol. The van der Waals surface area contributed by atoms with Crippen molar-refractivity contribution in [1.82, 2.24) is 10.2 Å². The highest BCUT2D eigenvalue weighted by atomic mass is 16.1. The molecule has 1 unspecified atom stereocenters. The Morgan fingerprint density at radius 3 is 1.81 bits per heavy atom. The molecule has 0 aliphatic heterocycles. The van der Waals surface area contributed by atoms with Crippen molar-refractivity contribution in [2.45, 2.75) is 32.1 Å². The summed E-state index contributed by atoms with van der Waals surface area (Å²) in [7, 11) is 4.05. The second kappa shape index (κ2) is 8.05. The van der Waals surface area contributed by atoms with Crippen LogP contribution in [0.4, 0.5) is 0 Å². The average Bonchev–Trinajstić information content (AvgIpc) is 2.57. The fraction of sp³-hybridized carbons (Fsp3) is 0.435. The first-order valence-electron chi connectivity index (χ1n) is 9.51. The van der Waals surface area contributed by atoms with Crippen molar-refractivity contribution in [1.29, 1.82) is 0 Å². The van der Waals surface area contributed by atoms with Crippen molar-refractivity contribution in [3.8, 4) is 0 Å². The number of amides is 1. The van der Waals surface area contributed by atoms with Gasteiger partial charge in [-0.1, -0.05) is 59.7 Å². The van der Waals surface area contributed by atoms with Crippen LogP contribution in [0.25, 0.3) is 0 Å². The molecule has 1 aliphatic rings. The third-order valence-corrected chi connectivity index (χ3v) is 5.55. The number of hydrogen-bond donors (Lipinski definition) is 1. The van der Waals surface area contributed by atoms with Crippen LogP contribution >= 0.6 is 0 Å². The van der Waals surface area contributed by atoms with E-state index in [0.717, 1.165) is 13.0 Å². The number of carbonyl (C=O) groups is 1. The Morgan fingerprint density at radius 2 is 1.38 bits per heavy atom. The minimum atomic E-state index is 0.0163. The molecule has 1 amide bonds. The van der Waals surface area contributed by atoms with E-state index in [1.807, 2.05) is 14.1 Å². The molecule has 0 heterocycles. The lowest BCUT2D eigenvalue weighted by Gasteiger charge is -2.44. The summed E-state index contributed by atoms with van der Waals surface area (Å²) in [4.78, 5) is 15.1. The fourth-order valence-corrected chi connectivity index (χ4v) is 3.85. The van der Waals surface area contributed by atoms with Crippen LogP contribution in [-0.2, 0) is 4.79 Å². The molecular formula is C23H30N2O. The summed E-state index contributed by atoms with van der Waals surface area (Å²) < 4.78 is 0. The minimum Gasteiger partial charge on any atom is -0.355 e. The molecule has 1 fully saturated rings. The van der Waals surface area contributed by atoms with Gasteiger partial charge in [-0.2, -0.15) is 0 Å². The third-order valence-electron chi connectivity index (χ3n) is 5.55. The van der Waals surface area contributed by atoms with Crippen LogP contribution in [-0.4, -0.2) is 38.0 Å². The monoisotopic (exact) mass is 350 g/mol. The van der Waals surface area contributed by atoms with E-state index in [-0.39, 0.29) is 11.8 Å². The predicted molar refractivity (Wildman–Crippen MR) is 108 cm³/mol. The summed E-state index contributed by atoms with van der Waals surface area (Å²) in [6.45, 7) is 5.77. The number of aryl methyl sites for hydroxylation is 2. The molecule has 1 aliphatic carbocycles. The molecule has 1 saturated carbocycles. The van der Waals surface area contributed by atoms with E-state index < -0.39 is 0 Å². The molecule has 138 valence electrons. The van der Waals surface area contributed by atoms with Gasteiger partial charge in [0.2, 0.25) is 5.91 Å². The molecule has 1 N–H and O–H groups in total. The minimum absolute atomic E-state index is 0.0163. The SMILES string of the molecule is Cc1ccc([C@H]2C[C@@H](c3ccc(C)cc3)C2C(=O)NCCN(C)C)cc1. The zero-order valence-electron chi connectivity index (χ0n) is 16.3. The van der Waals surface area contributed by atoms with E-state index in [1.54, 1.807) is 0 Å². The zero-order chi connectivity index (χ0) is 18.7. The third kappa shape index (κ3) is 4.16. The van der Waals surface area contributed by atoms with Crippen molar-refractivity contribution in [3.05, 3.63) is 70.8 Å². The number of likely N-dealkylation sites (N-methyl/N-ethyl adjacent to an activating group) is 1. The van der Waals surface area contributed by atoms with Gasteiger partial charge < -0.3 is 10.2 Å². The number of benzene rings is 2.